The molecule has 2 aliphatic rings. The van der Waals surface area contributed by atoms with Gasteiger partial charge in [0, 0.05) is 36.3 Å². The van der Waals surface area contributed by atoms with Crippen LogP contribution >= 0.6 is 12.4 Å². The first kappa shape index (κ1) is 18.7. The van der Waals surface area contributed by atoms with Gasteiger partial charge in [-0.25, -0.2) is 0 Å². The van der Waals surface area contributed by atoms with Crippen LogP contribution in [0.15, 0.2) is 18.2 Å². The molecular weight excluding hydrogens is 330 g/mol. The number of aryl methyl sites for hydroxylation is 1. The topological polar surface area (TPSA) is 75.5 Å². The summed E-state index contributed by atoms with van der Waals surface area (Å²) in [5.41, 5.74) is 1.01. The van der Waals surface area contributed by atoms with Crippen molar-refractivity contribution < 1.29 is 9.72 Å². The summed E-state index contributed by atoms with van der Waals surface area (Å²) in [6, 6.07) is 5.35. The number of likely N-dealkylation sites (tertiary alicyclic amines) is 1. The van der Waals surface area contributed by atoms with Crippen molar-refractivity contribution in [1.29, 1.82) is 0 Å². The molecule has 1 N–H and O–H groups in total. The van der Waals surface area contributed by atoms with Gasteiger partial charge in [-0.05, 0) is 51.1 Å². The van der Waals surface area contributed by atoms with Gasteiger partial charge >= 0.3 is 0 Å². The number of amides is 1. The van der Waals surface area contributed by atoms with Crippen molar-refractivity contribution in [2.24, 2.45) is 5.92 Å². The highest BCUT2D eigenvalue weighted by Crippen LogP contribution is 2.27. The summed E-state index contributed by atoms with van der Waals surface area (Å²) < 4.78 is 0. The fraction of sp³-hybridized carbons (Fsp3) is 0.588. The SMILES string of the molecule is Cc1ccc(C(=O)N2CCC(C3CCCN3)CC2)cc1[N+](=O)[O-].Cl. The number of carbonyl (C=O) groups excluding carboxylic acids is 1. The van der Waals surface area contributed by atoms with Crippen molar-refractivity contribution in [3.05, 3.63) is 39.4 Å². The summed E-state index contributed by atoms with van der Waals surface area (Å²) in [5.74, 6) is 0.555. The van der Waals surface area contributed by atoms with Crippen LogP contribution in [0.3, 0.4) is 0 Å². The Hall–Kier alpha value is -1.66. The van der Waals surface area contributed by atoms with Crippen LogP contribution in [0.1, 0.15) is 41.6 Å². The van der Waals surface area contributed by atoms with E-state index in [-0.39, 0.29) is 24.0 Å². The normalized spacial score (nSPS) is 21.4. The average Bonchev–Trinajstić information content (AvgIpc) is 3.09. The van der Waals surface area contributed by atoms with Crippen LogP contribution in [0.5, 0.6) is 0 Å². The van der Waals surface area contributed by atoms with Gasteiger partial charge in [0.05, 0.1) is 4.92 Å². The van der Waals surface area contributed by atoms with E-state index in [0.717, 1.165) is 32.5 Å². The molecule has 0 saturated carbocycles. The molecule has 1 unspecified atom stereocenters. The first-order valence-corrected chi connectivity index (χ1v) is 8.34. The molecule has 1 atom stereocenters. The molecule has 1 aromatic carbocycles. The number of nitrogens with one attached hydrogen (secondary N) is 1. The highest BCUT2D eigenvalue weighted by molar-refractivity contribution is 5.95. The molecule has 6 nitrogen and oxygen atoms in total. The number of hydrogen-bond donors (Lipinski definition) is 1. The Balaban J connectivity index is 0.00000208. The maximum Gasteiger partial charge on any atom is 0.273 e. The molecule has 0 radical (unpaired) electrons. The van der Waals surface area contributed by atoms with E-state index in [1.54, 1.807) is 19.1 Å². The van der Waals surface area contributed by atoms with E-state index in [9.17, 15) is 14.9 Å². The zero-order valence-electron chi connectivity index (χ0n) is 13.9. The van der Waals surface area contributed by atoms with E-state index in [4.69, 9.17) is 0 Å². The number of nitro benzene ring substituents is 1. The van der Waals surface area contributed by atoms with E-state index >= 15 is 0 Å². The molecule has 3 rings (SSSR count). The molecule has 2 saturated heterocycles. The van der Waals surface area contributed by atoms with Crippen molar-refractivity contribution in [1.82, 2.24) is 10.2 Å². The van der Waals surface area contributed by atoms with Gasteiger partial charge in [0.1, 0.15) is 0 Å². The Labute approximate surface area is 148 Å². The Morgan fingerprint density at radius 3 is 2.58 bits per heavy atom. The van der Waals surface area contributed by atoms with Gasteiger partial charge in [-0.1, -0.05) is 6.07 Å². The first-order valence-electron chi connectivity index (χ1n) is 8.34. The van der Waals surface area contributed by atoms with Crippen LogP contribution in [0, 0.1) is 23.0 Å². The predicted molar refractivity (Wildman–Crippen MR) is 94.7 cm³/mol. The van der Waals surface area contributed by atoms with Gasteiger partial charge in [0.25, 0.3) is 11.6 Å². The van der Waals surface area contributed by atoms with Gasteiger partial charge in [0.15, 0.2) is 0 Å². The van der Waals surface area contributed by atoms with E-state index in [1.807, 2.05) is 4.90 Å². The summed E-state index contributed by atoms with van der Waals surface area (Å²) in [6.07, 6.45) is 4.51. The number of carbonyl (C=O) groups is 1. The van der Waals surface area contributed by atoms with E-state index < -0.39 is 4.92 Å². The molecule has 2 aliphatic heterocycles. The second-order valence-electron chi connectivity index (χ2n) is 6.59. The summed E-state index contributed by atoms with van der Waals surface area (Å²) in [6.45, 7) is 4.27. The third-order valence-electron chi connectivity index (χ3n) is 5.15. The largest absolute Gasteiger partial charge is 0.339 e. The third kappa shape index (κ3) is 3.87. The highest BCUT2D eigenvalue weighted by atomic mass is 35.5. The van der Waals surface area contributed by atoms with Crippen molar-refractivity contribution in [3.63, 3.8) is 0 Å². The molecule has 0 spiro atoms. The number of hydrogen-bond acceptors (Lipinski definition) is 4. The lowest BCUT2D eigenvalue weighted by Gasteiger charge is -2.35. The van der Waals surface area contributed by atoms with Crippen LogP contribution in [-0.4, -0.2) is 41.4 Å². The average molecular weight is 354 g/mol. The Morgan fingerprint density at radius 2 is 2.00 bits per heavy atom. The van der Waals surface area contributed by atoms with E-state index in [1.165, 1.54) is 18.9 Å². The zero-order chi connectivity index (χ0) is 16.4. The molecule has 2 fully saturated rings. The second-order valence-corrected chi connectivity index (χ2v) is 6.59. The van der Waals surface area contributed by atoms with Crippen molar-refractivity contribution in [3.8, 4) is 0 Å². The van der Waals surface area contributed by atoms with Crippen LogP contribution in [-0.2, 0) is 0 Å². The highest BCUT2D eigenvalue weighted by Gasteiger charge is 2.30. The number of rotatable bonds is 3. The molecule has 1 amide bonds. The zero-order valence-corrected chi connectivity index (χ0v) is 14.7. The van der Waals surface area contributed by atoms with Gasteiger partial charge < -0.3 is 10.2 Å². The number of nitrogens with zero attached hydrogens (tertiary/aromatic N) is 2. The number of halogens is 1. The molecule has 7 heteroatoms. The molecule has 132 valence electrons. The predicted octanol–water partition coefficient (Wildman–Crippen LogP) is 2.93. The van der Waals surface area contributed by atoms with E-state index in [0.29, 0.717) is 23.1 Å². The lowest BCUT2D eigenvalue weighted by molar-refractivity contribution is -0.385. The van der Waals surface area contributed by atoms with Gasteiger partial charge in [0.2, 0.25) is 0 Å². The lowest BCUT2D eigenvalue weighted by atomic mass is 9.88. The molecule has 0 aliphatic carbocycles. The summed E-state index contributed by atoms with van der Waals surface area (Å²) in [7, 11) is 0. The summed E-state index contributed by atoms with van der Waals surface area (Å²) in [5, 5.41) is 14.6. The maximum absolute atomic E-state index is 12.6. The number of piperidine rings is 1. The monoisotopic (exact) mass is 353 g/mol. The standard InChI is InChI=1S/C17H23N3O3.ClH/c1-12-4-5-14(11-16(12)20(22)23)17(21)19-9-6-13(7-10-19)15-3-2-8-18-15;/h4-5,11,13,15,18H,2-3,6-10H2,1H3;1H. The van der Waals surface area contributed by atoms with Crippen LogP contribution in [0.2, 0.25) is 0 Å². The van der Waals surface area contributed by atoms with Crippen LogP contribution in [0.25, 0.3) is 0 Å². The Kier molecular flexibility index (Phi) is 6.18. The Morgan fingerprint density at radius 1 is 1.29 bits per heavy atom. The maximum atomic E-state index is 12.6. The summed E-state index contributed by atoms with van der Waals surface area (Å²) >= 11 is 0. The fourth-order valence-electron chi connectivity index (χ4n) is 3.74. The number of nitro groups is 1. The minimum Gasteiger partial charge on any atom is -0.339 e. The molecule has 24 heavy (non-hydrogen) atoms. The summed E-state index contributed by atoms with van der Waals surface area (Å²) in [4.78, 5) is 25.0. The molecule has 0 aromatic heterocycles. The van der Waals surface area contributed by atoms with Crippen LogP contribution < -0.4 is 5.32 Å². The molecular formula is C17H24ClN3O3. The third-order valence-corrected chi connectivity index (χ3v) is 5.15. The van der Waals surface area contributed by atoms with Crippen molar-refractivity contribution >= 4 is 24.0 Å². The van der Waals surface area contributed by atoms with Gasteiger partial charge in [-0.3, -0.25) is 14.9 Å². The van der Waals surface area contributed by atoms with Crippen molar-refractivity contribution in [2.75, 3.05) is 19.6 Å². The minimum atomic E-state index is -0.426. The number of benzene rings is 1. The van der Waals surface area contributed by atoms with Gasteiger partial charge in [-0.15, -0.1) is 12.4 Å². The molecule has 2 heterocycles. The fourth-order valence-corrected chi connectivity index (χ4v) is 3.74. The van der Waals surface area contributed by atoms with Gasteiger partial charge in [-0.2, -0.15) is 0 Å². The smallest absolute Gasteiger partial charge is 0.273 e. The van der Waals surface area contributed by atoms with E-state index in [2.05, 4.69) is 5.32 Å². The Bertz CT molecular complexity index is 609. The lowest BCUT2D eigenvalue weighted by Crippen LogP contribution is -2.43. The quantitative estimate of drug-likeness (QED) is 0.669. The molecule has 1 aromatic rings. The minimum absolute atomic E-state index is 0. The molecule has 0 bridgehead atoms. The first-order chi connectivity index (χ1) is 11.1. The van der Waals surface area contributed by atoms with Crippen molar-refractivity contribution in [2.45, 2.75) is 38.6 Å². The second kappa shape index (κ2) is 7.94. The van der Waals surface area contributed by atoms with Crippen LogP contribution in [0.4, 0.5) is 5.69 Å².